The average Bonchev–Trinajstić information content (AvgIpc) is 2.15. The molecule has 3 nitrogen and oxygen atoms in total. The molecule has 2 aliphatic rings. The largest absolute Gasteiger partial charge is 0.379 e. The van der Waals surface area contributed by atoms with Gasteiger partial charge in [-0.1, -0.05) is 11.6 Å². The zero-order valence-corrected chi connectivity index (χ0v) is 8.88. The molecule has 0 unspecified atom stereocenters. The van der Waals surface area contributed by atoms with Gasteiger partial charge in [-0.25, -0.2) is 4.98 Å². The number of carbonyl (C=O) groups is 1. The Bertz CT molecular complexity index is 440. The van der Waals surface area contributed by atoms with E-state index in [0.29, 0.717) is 18.4 Å². The lowest BCUT2D eigenvalue weighted by atomic mass is 9.70. The highest BCUT2D eigenvalue weighted by Gasteiger charge is 2.48. The molecule has 1 aliphatic heterocycles. The van der Waals surface area contributed by atoms with E-state index in [0.717, 1.165) is 24.1 Å². The van der Waals surface area contributed by atoms with Crippen molar-refractivity contribution in [3.8, 4) is 0 Å². The number of pyridine rings is 1. The molecule has 0 amide bonds. The Morgan fingerprint density at radius 1 is 1.40 bits per heavy atom. The summed E-state index contributed by atoms with van der Waals surface area (Å²) < 4.78 is 5.16. The van der Waals surface area contributed by atoms with Crippen LogP contribution in [0.15, 0.2) is 12.1 Å². The topological polar surface area (TPSA) is 39.2 Å². The van der Waals surface area contributed by atoms with Gasteiger partial charge in [0.15, 0.2) is 5.78 Å². The molecule has 0 saturated carbocycles. The van der Waals surface area contributed by atoms with Crippen molar-refractivity contribution in [2.75, 3.05) is 13.2 Å². The van der Waals surface area contributed by atoms with Gasteiger partial charge in [-0.2, -0.15) is 0 Å². The van der Waals surface area contributed by atoms with Crippen LogP contribution in [0.25, 0.3) is 0 Å². The molecular weight excluding hydrogens is 214 g/mol. The first-order valence-corrected chi connectivity index (χ1v) is 5.37. The van der Waals surface area contributed by atoms with Crippen LogP contribution in [0.4, 0.5) is 0 Å². The van der Waals surface area contributed by atoms with Crippen molar-refractivity contribution >= 4 is 17.4 Å². The van der Waals surface area contributed by atoms with E-state index in [-0.39, 0.29) is 11.2 Å². The molecule has 0 atom stereocenters. The molecule has 4 heteroatoms. The number of fused-ring (bicyclic) bond motifs is 1. The lowest BCUT2D eigenvalue weighted by Gasteiger charge is -2.42. The summed E-state index contributed by atoms with van der Waals surface area (Å²) in [4.78, 5) is 16.4. The number of hydrogen-bond donors (Lipinski definition) is 0. The Hall–Kier alpha value is -0.930. The Kier molecular flexibility index (Phi) is 1.88. The van der Waals surface area contributed by atoms with E-state index in [1.165, 1.54) is 0 Å². The molecule has 1 saturated heterocycles. The van der Waals surface area contributed by atoms with Gasteiger partial charge in [-0.15, -0.1) is 0 Å². The highest BCUT2D eigenvalue weighted by Crippen LogP contribution is 2.40. The molecule has 15 heavy (non-hydrogen) atoms. The van der Waals surface area contributed by atoms with E-state index < -0.39 is 0 Å². The Balaban J connectivity index is 2.06. The Morgan fingerprint density at radius 3 is 2.87 bits per heavy atom. The average molecular weight is 224 g/mol. The summed E-state index contributed by atoms with van der Waals surface area (Å²) in [6.07, 6.45) is 1.66. The smallest absolute Gasteiger partial charge is 0.175 e. The third kappa shape index (κ3) is 1.23. The summed E-state index contributed by atoms with van der Waals surface area (Å²) in [5.74, 6) is 0.180. The molecule has 1 aliphatic carbocycles. The maximum atomic E-state index is 12.2. The Labute approximate surface area is 92.4 Å². The van der Waals surface area contributed by atoms with Gasteiger partial charge < -0.3 is 4.74 Å². The van der Waals surface area contributed by atoms with E-state index >= 15 is 0 Å². The summed E-state index contributed by atoms with van der Waals surface area (Å²) in [7, 11) is 0. The van der Waals surface area contributed by atoms with Gasteiger partial charge in [0.05, 0.1) is 24.3 Å². The van der Waals surface area contributed by atoms with Crippen LogP contribution in [0.2, 0.25) is 5.15 Å². The number of nitrogens with zero attached hydrogens (tertiary/aromatic N) is 1. The van der Waals surface area contributed by atoms with Crippen molar-refractivity contribution in [1.82, 2.24) is 4.98 Å². The highest BCUT2D eigenvalue weighted by atomic mass is 35.5. The Morgan fingerprint density at radius 2 is 2.20 bits per heavy atom. The van der Waals surface area contributed by atoms with Gasteiger partial charge >= 0.3 is 0 Å². The first-order valence-electron chi connectivity index (χ1n) is 4.99. The monoisotopic (exact) mass is 223 g/mol. The molecule has 0 aromatic carbocycles. The van der Waals surface area contributed by atoms with E-state index in [9.17, 15) is 4.79 Å². The van der Waals surface area contributed by atoms with E-state index in [4.69, 9.17) is 16.3 Å². The molecular formula is C11H10ClNO2. The second kappa shape index (κ2) is 3.03. The second-order valence-electron chi connectivity index (χ2n) is 4.23. The maximum Gasteiger partial charge on any atom is 0.175 e. The fourth-order valence-corrected chi connectivity index (χ4v) is 2.42. The van der Waals surface area contributed by atoms with Crippen LogP contribution >= 0.6 is 11.6 Å². The zero-order valence-electron chi connectivity index (χ0n) is 8.12. The standard InChI is InChI=1S/C11H10ClNO2/c12-9-2-1-7-8(13-9)3-4-11(10(7)14)5-15-6-11/h1-2H,3-6H2. The van der Waals surface area contributed by atoms with Crippen LogP contribution in [0, 0.1) is 5.41 Å². The molecule has 0 radical (unpaired) electrons. The molecule has 1 spiro atoms. The molecule has 3 rings (SSSR count). The van der Waals surface area contributed by atoms with Crippen LogP contribution < -0.4 is 0 Å². The van der Waals surface area contributed by atoms with E-state index in [1.54, 1.807) is 12.1 Å². The number of Topliss-reactive ketones (excluding diaryl/α,β-unsaturated/α-hetero) is 1. The first kappa shape index (κ1) is 9.31. The third-order valence-corrected chi connectivity index (χ3v) is 3.47. The van der Waals surface area contributed by atoms with Crippen LogP contribution in [0.5, 0.6) is 0 Å². The lowest BCUT2D eigenvalue weighted by Crippen LogP contribution is -2.51. The lowest BCUT2D eigenvalue weighted by molar-refractivity contribution is -0.0925. The van der Waals surface area contributed by atoms with Gasteiger partial charge in [0.1, 0.15) is 5.15 Å². The number of halogens is 1. The number of rotatable bonds is 0. The van der Waals surface area contributed by atoms with Crippen molar-refractivity contribution in [2.24, 2.45) is 5.41 Å². The van der Waals surface area contributed by atoms with Gasteiger partial charge in [-0.05, 0) is 25.0 Å². The van der Waals surface area contributed by atoms with Crippen LogP contribution in [-0.4, -0.2) is 24.0 Å². The minimum atomic E-state index is -0.248. The predicted molar refractivity (Wildman–Crippen MR) is 55.2 cm³/mol. The van der Waals surface area contributed by atoms with E-state index in [1.807, 2.05) is 0 Å². The molecule has 2 heterocycles. The second-order valence-corrected chi connectivity index (χ2v) is 4.62. The van der Waals surface area contributed by atoms with E-state index in [2.05, 4.69) is 4.98 Å². The summed E-state index contributed by atoms with van der Waals surface area (Å²) in [5, 5.41) is 0.461. The van der Waals surface area contributed by atoms with Crippen molar-refractivity contribution in [3.05, 3.63) is 28.5 Å². The van der Waals surface area contributed by atoms with Crippen LogP contribution in [0.1, 0.15) is 22.5 Å². The summed E-state index contributed by atoms with van der Waals surface area (Å²) >= 11 is 5.80. The number of hydrogen-bond acceptors (Lipinski definition) is 3. The molecule has 1 aromatic heterocycles. The SMILES string of the molecule is O=C1c2ccc(Cl)nc2CCC12COC2. The molecule has 1 aromatic rings. The van der Waals surface area contributed by atoms with Crippen molar-refractivity contribution in [2.45, 2.75) is 12.8 Å². The molecule has 0 bridgehead atoms. The molecule has 0 N–H and O–H groups in total. The number of ketones is 1. The number of aryl methyl sites for hydroxylation is 1. The zero-order chi connectivity index (χ0) is 10.5. The van der Waals surface area contributed by atoms with Crippen LogP contribution in [0.3, 0.4) is 0 Å². The quantitative estimate of drug-likeness (QED) is 0.631. The maximum absolute atomic E-state index is 12.2. The highest BCUT2D eigenvalue weighted by molar-refractivity contribution is 6.29. The van der Waals surface area contributed by atoms with Gasteiger partial charge in [0.2, 0.25) is 0 Å². The van der Waals surface area contributed by atoms with Gasteiger partial charge in [0.25, 0.3) is 0 Å². The third-order valence-electron chi connectivity index (χ3n) is 3.26. The van der Waals surface area contributed by atoms with Crippen molar-refractivity contribution < 1.29 is 9.53 Å². The van der Waals surface area contributed by atoms with Crippen LogP contribution in [-0.2, 0) is 11.2 Å². The number of aromatic nitrogens is 1. The predicted octanol–water partition coefficient (Wildman–Crippen LogP) is 1.88. The number of ether oxygens (including phenoxy) is 1. The fourth-order valence-electron chi connectivity index (χ4n) is 2.25. The normalized spacial score (nSPS) is 22.3. The summed E-state index contributed by atoms with van der Waals surface area (Å²) in [6.45, 7) is 1.13. The van der Waals surface area contributed by atoms with Crippen molar-refractivity contribution in [3.63, 3.8) is 0 Å². The summed E-state index contributed by atoms with van der Waals surface area (Å²) in [5.41, 5.74) is 1.32. The number of carbonyl (C=O) groups excluding carboxylic acids is 1. The fraction of sp³-hybridized carbons (Fsp3) is 0.455. The molecule has 1 fully saturated rings. The first-order chi connectivity index (χ1) is 7.21. The van der Waals surface area contributed by atoms with Crippen molar-refractivity contribution in [1.29, 1.82) is 0 Å². The summed E-state index contributed by atoms with van der Waals surface area (Å²) in [6, 6.07) is 3.46. The van der Waals surface area contributed by atoms with Gasteiger partial charge in [-0.3, -0.25) is 4.79 Å². The minimum absolute atomic E-state index is 0.180. The van der Waals surface area contributed by atoms with Gasteiger partial charge in [0, 0.05) is 5.56 Å². The minimum Gasteiger partial charge on any atom is -0.379 e. The molecule has 78 valence electrons.